The van der Waals surface area contributed by atoms with Gasteiger partial charge < -0.3 is 23.7 Å². The van der Waals surface area contributed by atoms with Gasteiger partial charge in [-0.2, -0.15) is 0 Å². The summed E-state index contributed by atoms with van der Waals surface area (Å²) in [6, 6.07) is 0. The third-order valence-corrected chi connectivity index (χ3v) is 3.31. The van der Waals surface area contributed by atoms with Crippen LogP contribution in [0, 0.1) is 0 Å². The van der Waals surface area contributed by atoms with E-state index in [1.54, 1.807) is 0 Å². The van der Waals surface area contributed by atoms with E-state index >= 15 is 0 Å². The Hall–Kier alpha value is -1.38. The molecule has 0 aromatic carbocycles. The highest BCUT2D eigenvalue weighted by Gasteiger charge is 2.49. The minimum Gasteiger partial charge on any atom is -0.463 e. The first-order valence-corrected chi connectivity index (χ1v) is 7.00. The van der Waals surface area contributed by atoms with Gasteiger partial charge in [0.15, 0.2) is 18.5 Å². The minimum absolute atomic E-state index is 0.200. The third kappa shape index (κ3) is 5.11. The molecule has 1 fully saturated rings. The first kappa shape index (κ1) is 18.7. The summed E-state index contributed by atoms with van der Waals surface area (Å²) in [7, 11) is 1.36. The average Bonchev–Trinajstić information content (AvgIpc) is 2.41. The fraction of sp³-hybridized carbons (Fsp3) is 0.769. The van der Waals surface area contributed by atoms with Crippen LogP contribution in [0.1, 0.15) is 20.8 Å². The quantitative estimate of drug-likeness (QED) is 0.403. The molecule has 0 bridgehead atoms. The molecule has 1 rings (SSSR count). The zero-order chi connectivity index (χ0) is 16.9. The lowest BCUT2D eigenvalue weighted by molar-refractivity contribution is -0.257. The standard InChI is InChI=1S/C13H19ClO8/c1-6(15)19-5-9-11(20-7(2)16)12(21-8(3)17)10(14)13(18-4)22-9/h9-13H,5H2,1-4H3/t9-,10+,11-,12-,13+/m1/s1. The van der Waals surface area contributed by atoms with E-state index in [4.69, 9.17) is 35.3 Å². The molecule has 9 heteroatoms. The zero-order valence-electron chi connectivity index (χ0n) is 12.7. The second kappa shape index (κ2) is 8.30. The molecule has 0 aromatic rings. The van der Waals surface area contributed by atoms with E-state index in [1.165, 1.54) is 27.9 Å². The van der Waals surface area contributed by atoms with Crippen molar-refractivity contribution in [3.8, 4) is 0 Å². The Morgan fingerprint density at radius 3 is 2.00 bits per heavy atom. The summed E-state index contributed by atoms with van der Waals surface area (Å²) in [5.74, 6) is -1.75. The van der Waals surface area contributed by atoms with Gasteiger partial charge in [0.2, 0.25) is 0 Å². The van der Waals surface area contributed by atoms with Gasteiger partial charge >= 0.3 is 17.9 Å². The molecule has 0 unspecified atom stereocenters. The number of alkyl halides is 1. The van der Waals surface area contributed by atoms with Gasteiger partial charge in [-0.3, -0.25) is 14.4 Å². The smallest absolute Gasteiger partial charge is 0.303 e. The van der Waals surface area contributed by atoms with Gasteiger partial charge in [-0.25, -0.2) is 0 Å². The Labute approximate surface area is 132 Å². The second-order valence-corrected chi connectivity index (χ2v) is 5.18. The summed E-state index contributed by atoms with van der Waals surface area (Å²) in [6.45, 7) is 3.42. The highest BCUT2D eigenvalue weighted by atomic mass is 35.5. The van der Waals surface area contributed by atoms with Crippen molar-refractivity contribution >= 4 is 29.5 Å². The molecule has 0 radical (unpaired) electrons. The number of hydrogen-bond donors (Lipinski definition) is 0. The number of hydrogen-bond acceptors (Lipinski definition) is 8. The van der Waals surface area contributed by atoms with Crippen LogP contribution in [0.15, 0.2) is 0 Å². The number of ether oxygens (including phenoxy) is 5. The molecule has 0 amide bonds. The molecule has 8 nitrogen and oxygen atoms in total. The van der Waals surface area contributed by atoms with Gasteiger partial charge in [0.25, 0.3) is 0 Å². The number of carbonyl (C=O) groups is 3. The predicted octanol–water partition coefficient (Wildman–Crippen LogP) is 0.392. The molecule has 22 heavy (non-hydrogen) atoms. The lowest BCUT2D eigenvalue weighted by atomic mass is 10.0. The molecule has 5 atom stereocenters. The monoisotopic (exact) mass is 338 g/mol. The van der Waals surface area contributed by atoms with Crippen molar-refractivity contribution in [3.05, 3.63) is 0 Å². The lowest BCUT2D eigenvalue weighted by Gasteiger charge is -2.42. The number of carbonyl (C=O) groups excluding carboxylic acids is 3. The maximum Gasteiger partial charge on any atom is 0.303 e. The number of esters is 3. The number of rotatable bonds is 5. The molecule has 1 saturated heterocycles. The van der Waals surface area contributed by atoms with Crippen LogP contribution in [-0.4, -0.2) is 61.6 Å². The van der Waals surface area contributed by atoms with E-state index < -0.39 is 47.9 Å². The largest absolute Gasteiger partial charge is 0.463 e. The van der Waals surface area contributed by atoms with Crippen molar-refractivity contribution in [3.63, 3.8) is 0 Å². The van der Waals surface area contributed by atoms with Crippen molar-refractivity contribution in [2.45, 2.75) is 50.8 Å². The molecule has 1 aliphatic rings. The van der Waals surface area contributed by atoms with Crippen molar-refractivity contribution < 1.29 is 38.1 Å². The van der Waals surface area contributed by atoms with Crippen LogP contribution >= 0.6 is 11.6 Å². The van der Waals surface area contributed by atoms with Crippen LogP contribution in [0.5, 0.6) is 0 Å². The Morgan fingerprint density at radius 2 is 1.55 bits per heavy atom. The van der Waals surface area contributed by atoms with E-state index in [9.17, 15) is 14.4 Å². The van der Waals surface area contributed by atoms with Crippen molar-refractivity contribution in [2.24, 2.45) is 0 Å². The summed E-state index contributed by atoms with van der Waals surface area (Å²) >= 11 is 6.17. The Kier molecular flexibility index (Phi) is 7.05. The molecule has 0 saturated carbocycles. The highest BCUT2D eigenvalue weighted by Crippen LogP contribution is 2.30. The Balaban J connectivity index is 3.00. The third-order valence-electron chi connectivity index (χ3n) is 2.86. The summed E-state index contributed by atoms with van der Waals surface area (Å²) < 4.78 is 25.8. The second-order valence-electron chi connectivity index (χ2n) is 4.67. The molecule has 126 valence electrons. The molecular formula is C13H19ClO8. The van der Waals surface area contributed by atoms with Gasteiger partial charge in [-0.05, 0) is 0 Å². The van der Waals surface area contributed by atoms with Gasteiger partial charge in [-0.1, -0.05) is 0 Å². The van der Waals surface area contributed by atoms with Gasteiger partial charge in [0, 0.05) is 27.9 Å². The fourth-order valence-electron chi connectivity index (χ4n) is 2.05. The van der Waals surface area contributed by atoms with Gasteiger partial charge in [-0.15, -0.1) is 11.6 Å². The van der Waals surface area contributed by atoms with E-state index in [1.807, 2.05) is 0 Å². The van der Waals surface area contributed by atoms with Gasteiger partial charge in [0.1, 0.15) is 18.1 Å². The van der Waals surface area contributed by atoms with Crippen molar-refractivity contribution in [2.75, 3.05) is 13.7 Å². The van der Waals surface area contributed by atoms with E-state index in [2.05, 4.69) is 0 Å². The normalized spacial score (nSPS) is 31.2. The molecule has 0 aromatic heterocycles. The highest BCUT2D eigenvalue weighted by molar-refractivity contribution is 6.21. The lowest BCUT2D eigenvalue weighted by Crippen LogP contribution is -2.60. The topological polar surface area (TPSA) is 97.4 Å². The first-order chi connectivity index (χ1) is 10.3. The van der Waals surface area contributed by atoms with Crippen LogP contribution in [0.2, 0.25) is 0 Å². The van der Waals surface area contributed by atoms with Gasteiger partial charge in [0.05, 0.1) is 0 Å². The molecule has 0 spiro atoms. The average molecular weight is 339 g/mol. The summed E-state index contributed by atoms with van der Waals surface area (Å²) in [5, 5.41) is -0.896. The predicted molar refractivity (Wildman–Crippen MR) is 73.1 cm³/mol. The summed E-state index contributed by atoms with van der Waals surface area (Å²) in [5.41, 5.74) is 0. The maximum absolute atomic E-state index is 11.3. The zero-order valence-corrected chi connectivity index (χ0v) is 13.5. The van der Waals surface area contributed by atoms with Crippen LogP contribution in [-0.2, 0) is 38.1 Å². The molecule has 0 aliphatic carbocycles. The van der Waals surface area contributed by atoms with E-state index in [0.717, 1.165) is 0 Å². The first-order valence-electron chi connectivity index (χ1n) is 6.56. The summed E-state index contributed by atoms with van der Waals surface area (Å²) in [4.78, 5) is 33.5. The summed E-state index contributed by atoms with van der Waals surface area (Å²) in [6.07, 6.45) is -3.81. The van der Waals surface area contributed by atoms with E-state index in [-0.39, 0.29) is 6.61 Å². The fourth-order valence-corrected chi connectivity index (χ4v) is 2.41. The minimum atomic E-state index is -1.02. The van der Waals surface area contributed by atoms with Crippen molar-refractivity contribution in [1.82, 2.24) is 0 Å². The van der Waals surface area contributed by atoms with Crippen LogP contribution < -0.4 is 0 Å². The Morgan fingerprint density at radius 1 is 1.00 bits per heavy atom. The van der Waals surface area contributed by atoms with Crippen LogP contribution in [0.3, 0.4) is 0 Å². The molecule has 0 N–H and O–H groups in total. The number of halogens is 1. The van der Waals surface area contributed by atoms with Crippen LogP contribution in [0.4, 0.5) is 0 Å². The molecule has 1 aliphatic heterocycles. The SMILES string of the molecule is CO[C@H]1O[C@H](COC(C)=O)[C@@H](OC(C)=O)[C@H](OC(C)=O)[C@@H]1Cl. The number of methoxy groups -OCH3 is 1. The van der Waals surface area contributed by atoms with Crippen molar-refractivity contribution in [1.29, 1.82) is 0 Å². The molecular weight excluding hydrogens is 320 g/mol. The van der Waals surface area contributed by atoms with Crippen LogP contribution in [0.25, 0.3) is 0 Å². The van der Waals surface area contributed by atoms with E-state index in [0.29, 0.717) is 0 Å². The molecule has 1 heterocycles. The Bertz CT molecular complexity index is 426. The maximum atomic E-state index is 11.3.